The molecular formula is C16H24N2. The molecule has 0 radical (unpaired) electrons. The fourth-order valence-corrected chi connectivity index (χ4v) is 3.72. The van der Waals surface area contributed by atoms with Crippen molar-refractivity contribution in [3.63, 3.8) is 0 Å². The Morgan fingerprint density at radius 2 is 1.83 bits per heavy atom. The van der Waals surface area contributed by atoms with Gasteiger partial charge in [0.2, 0.25) is 0 Å². The second-order valence-corrected chi connectivity index (χ2v) is 5.87. The zero-order valence-electron chi connectivity index (χ0n) is 11.5. The standard InChI is InChI=1S/C16H24N2/c1-3-12-6-4-5-7-16(12)17-13-10-14-8-9-15(11-13)18(14)2/h4-7,13-15,17H,3,8-11H2,1-2H3. The first-order chi connectivity index (χ1) is 8.78. The van der Waals surface area contributed by atoms with E-state index >= 15 is 0 Å². The molecule has 2 bridgehead atoms. The Hall–Kier alpha value is -1.02. The van der Waals surface area contributed by atoms with Gasteiger partial charge in [-0.15, -0.1) is 0 Å². The SMILES string of the molecule is CCc1ccccc1NC1CC2CCC(C1)N2C. The maximum Gasteiger partial charge on any atom is 0.0374 e. The minimum Gasteiger partial charge on any atom is -0.382 e. The molecule has 2 aliphatic rings. The summed E-state index contributed by atoms with van der Waals surface area (Å²) in [5.41, 5.74) is 2.80. The van der Waals surface area contributed by atoms with Crippen molar-refractivity contribution < 1.29 is 0 Å². The van der Waals surface area contributed by atoms with E-state index in [1.54, 1.807) is 0 Å². The molecule has 2 atom stereocenters. The van der Waals surface area contributed by atoms with Crippen LogP contribution in [-0.2, 0) is 6.42 Å². The maximum absolute atomic E-state index is 3.80. The highest BCUT2D eigenvalue weighted by atomic mass is 15.2. The van der Waals surface area contributed by atoms with Crippen LogP contribution < -0.4 is 5.32 Å². The van der Waals surface area contributed by atoms with E-state index in [2.05, 4.69) is 48.5 Å². The van der Waals surface area contributed by atoms with Crippen LogP contribution in [0.3, 0.4) is 0 Å². The third-order valence-corrected chi connectivity index (χ3v) is 4.86. The molecule has 0 aliphatic carbocycles. The molecule has 0 spiro atoms. The van der Waals surface area contributed by atoms with E-state index in [9.17, 15) is 0 Å². The molecule has 1 aromatic carbocycles. The number of hydrogen-bond donors (Lipinski definition) is 1. The minimum atomic E-state index is 0.673. The van der Waals surface area contributed by atoms with Crippen LogP contribution in [0.2, 0.25) is 0 Å². The lowest BCUT2D eigenvalue weighted by atomic mass is 9.97. The van der Waals surface area contributed by atoms with E-state index in [1.165, 1.54) is 36.9 Å². The fourth-order valence-electron chi connectivity index (χ4n) is 3.72. The summed E-state index contributed by atoms with van der Waals surface area (Å²) < 4.78 is 0. The zero-order chi connectivity index (χ0) is 12.5. The monoisotopic (exact) mass is 244 g/mol. The predicted octanol–water partition coefficient (Wildman–Crippen LogP) is 3.29. The molecule has 2 heteroatoms. The van der Waals surface area contributed by atoms with Gasteiger partial charge in [0.25, 0.3) is 0 Å². The number of piperidine rings is 1. The van der Waals surface area contributed by atoms with Gasteiger partial charge < -0.3 is 10.2 Å². The largest absolute Gasteiger partial charge is 0.382 e. The molecule has 2 aliphatic heterocycles. The highest BCUT2D eigenvalue weighted by Gasteiger charge is 2.38. The lowest BCUT2D eigenvalue weighted by Crippen LogP contribution is -2.44. The van der Waals surface area contributed by atoms with Gasteiger partial charge in [-0.3, -0.25) is 0 Å². The number of hydrogen-bond acceptors (Lipinski definition) is 2. The van der Waals surface area contributed by atoms with Crippen molar-refractivity contribution in [2.45, 2.75) is 57.2 Å². The number of para-hydroxylation sites is 1. The summed E-state index contributed by atoms with van der Waals surface area (Å²) >= 11 is 0. The van der Waals surface area contributed by atoms with Crippen molar-refractivity contribution in [3.05, 3.63) is 29.8 Å². The van der Waals surface area contributed by atoms with E-state index in [0.29, 0.717) is 6.04 Å². The van der Waals surface area contributed by atoms with Crippen LogP contribution in [0, 0.1) is 0 Å². The van der Waals surface area contributed by atoms with Gasteiger partial charge in [0, 0.05) is 23.8 Å². The molecule has 98 valence electrons. The summed E-state index contributed by atoms with van der Waals surface area (Å²) in [6.45, 7) is 2.23. The van der Waals surface area contributed by atoms with E-state index in [1.807, 2.05) is 0 Å². The third kappa shape index (κ3) is 2.14. The summed E-state index contributed by atoms with van der Waals surface area (Å²) in [4.78, 5) is 2.60. The average Bonchev–Trinajstić information content (AvgIpc) is 2.63. The number of benzene rings is 1. The molecule has 2 nitrogen and oxygen atoms in total. The number of nitrogens with zero attached hydrogens (tertiary/aromatic N) is 1. The van der Waals surface area contributed by atoms with E-state index < -0.39 is 0 Å². The van der Waals surface area contributed by atoms with Crippen molar-refractivity contribution in [2.24, 2.45) is 0 Å². The molecule has 1 aromatic rings. The number of aryl methyl sites for hydroxylation is 1. The van der Waals surface area contributed by atoms with Gasteiger partial charge in [-0.1, -0.05) is 25.1 Å². The van der Waals surface area contributed by atoms with E-state index in [0.717, 1.165) is 18.5 Å². The highest BCUT2D eigenvalue weighted by Crippen LogP contribution is 2.35. The molecule has 0 saturated carbocycles. The minimum absolute atomic E-state index is 0.673. The first kappa shape index (κ1) is 12.0. The zero-order valence-corrected chi connectivity index (χ0v) is 11.5. The van der Waals surface area contributed by atoms with Crippen LogP contribution in [-0.4, -0.2) is 30.1 Å². The van der Waals surface area contributed by atoms with Crippen molar-refractivity contribution in [3.8, 4) is 0 Å². The molecule has 2 heterocycles. The van der Waals surface area contributed by atoms with Crippen molar-refractivity contribution in [2.75, 3.05) is 12.4 Å². The normalized spacial score (nSPS) is 31.6. The average molecular weight is 244 g/mol. The molecule has 2 fully saturated rings. The molecule has 18 heavy (non-hydrogen) atoms. The van der Waals surface area contributed by atoms with Crippen molar-refractivity contribution in [1.29, 1.82) is 0 Å². The molecular weight excluding hydrogens is 220 g/mol. The summed E-state index contributed by atoms with van der Waals surface area (Å²) in [6.07, 6.45) is 6.53. The van der Waals surface area contributed by atoms with Crippen LogP contribution in [0.25, 0.3) is 0 Å². The summed E-state index contributed by atoms with van der Waals surface area (Å²) in [6, 6.07) is 11.1. The maximum atomic E-state index is 3.80. The fraction of sp³-hybridized carbons (Fsp3) is 0.625. The van der Waals surface area contributed by atoms with Gasteiger partial charge in [0.1, 0.15) is 0 Å². The Bertz CT molecular complexity index is 401. The molecule has 2 unspecified atom stereocenters. The van der Waals surface area contributed by atoms with Gasteiger partial charge >= 0.3 is 0 Å². The van der Waals surface area contributed by atoms with Crippen LogP contribution >= 0.6 is 0 Å². The predicted molar refractivity (Wildman–Crippen MR) is 77.0 cm³/mol. The van der Waals surface area contributed by atoms with Crippen LogP contribution in [0.1, 0.15) is 38.2 Å². The van der Waals surface area contributed by atoms with Crippen LogP contribution in [0.15, 0.2) is 24.3 Å². The number of fused-ring (bicyclic) bond motifs is 2. The second kappa shape index (κ2) is 4.93. The van der Waals surface area contributed by atoms with Gasteiger partial charge in [0.15, 0.2) is 0 Å². The van der Waals surface area contributed by atoms with Gasteiger partial charge in [0.05, 0.1) is 0 Å². The van der Waals surface area contributed by atoms with E-state index in [-0.39, 0.29) is 0 Å². The first-order valence-electron chi connectivity index (χ1n) is 7.34. The Balaban J connectivity index is 1.70. The summed E-state index contributed by atoms with van der Waals surface area (Å²) in [5.74, 6) is 0. The number of rotatable bonds is 3. The van der Waals surface area contributed by atoms with Crippen molar-refractivity contribution in [1.82, 2.24) is 4.90 Å². The lowest BCUT2D eigenvalue weighted by Gasteiger charge is -2.37. The van der Waals surface area contributed by atoms with Crippen molar-refractivity contribution >= 4 is 5.69 Å². The number of nitrogens with one attached hydrogen (secondary N) is 1. The van der Waals surface area contributed by atoms with Gasteiger partial charge in [-0.05, 0) is 50.8 Å². The van der Waals surface area contributed by atoms with Gasteiger partial charge in [-0.2, -0.15) is 0 Å². The summed E-state index contributed by atoms with van der Waals surface area (Å²) in [5, 5.41) is 3.80. The smallest absolute Gasteiger partial charge is 0.0374 e. The molecule has 1 N–H and O–H groups in total. The van der Waals surface area contributed by atoms with E-state index in [4.69, 9.17) is 0 Å². The quantitative estimate of drug-likeness (QED) is 0.877. The Morgan fingerprint density at radius 1 is 1.17 bits per heavy atom. The number of anilines is 1. The Morgan fingerprint density at radius 3 is 2.50 bits per heavy atom. The first-order valence-corrected chi connectivity index (χ1v) is 7.34. The third-order valence-electron chi connectivity index (χ3n) is 4.86. The topological polar surface area (TPSA) is 15.3 Å². The lowest BCUT2D eigenvalue weighted by molar-refractivity contribution is 0.169. The molecule has 3 rings (SSSR count). The Kier molecular flexibility index (Phi) is 3.29. The summed E-state index contributed by atoms with van der Waals surface area (Å²) in [7, 11) is 2.30. The van der Waals surface area contributed by atoms with Crippen LogP contribution in [0.4, 0.5) is 5.69 Å². The second-order valence-electron chi connectivity index (χ2n) is 5.87. The van der Waals surface area contributed by atoms with Crippen LogP contribution in [0.5, 0.6) is 0 Å². The van der Waals surface area contributed by atoms with Gasteiger partial charge in [-0.25, -0.2) is 0 Å². The molecule has 0 aromatic heterocycles. The Labute approximate surface area is 110 Å². The molecule has 0 amide bonds. The molecule has 2 saturated heterocycles. The highest BCUT2D eigenvalue weighted by molar-refractivity contribution is 5.51.